The van der Waals surface area contributed by atoms with Crippen molar-refractivity contribution >= 4 is 23.9 Å². The Kier molecular flexibility index (Phi) is 10.9. The van der Waals surface area contributed by atoms with Crippen molar-refractivity contribution in [1.29, 1.82) is 0 Å². The number of hydrogen-bond acceptors (Lipinski definition) is 7. The Morgan fingerprint density at radius 2 is 1.66 bits per heavy atom. The van der Waals surface area contributed by atoms with E-state index in [9.17, 15) is 19.5 Å². The van der Waals surface area contributed by atoms with Crippen LogP contribution < -0.4 is 22.1 Å². The summed E-state index contributed by atoms with van der Waals surface area (Å²) in [5.41, 5.74) is 12.1. The zero-order chi connectivity index (χ0) is 25.6. The van der Waals surface area contributed by atoms with Crippen LogP contribution in [-0.4, -0.2) is 54.8 Å². The van der Waals surface area contributed by atoms with E-state index in [0.717, 1.165) is 5.56 Å². The Balaban J connectivity index is 2.08. The van der Waals surface area contributed by atoms with Gasteiger partial charge in [0.1, 0.15) is 24.4 Å². The number of aliphatic imine (C=N–C) groups is 1. The van der Waals surface area contributed by atoms with Crippen LogP contribution in [0.25, 0.3) is 0 Å². The highest BCUT2D eigenvalue weighted by atomic mass is 16.5. The average Bonchev–Trinajstić information content (AvgIpc) is 2.85. The van der Waals surface area contributed by atoms with E-state index in [-0.39, 0.29) is 37.7 Å². The van der Waals surface area contributed by atoms with Crippen LogP contribution in [-0.2, 0) is 32.1 Å². The van der Waals surface area contributed by atoms with Gasteiger partial charge in [0.25, 0.3) is 0 Å². The zero-order valence-corrected chi connectivity index (χ0v) is 19.5. The predicted molar refractivity (Wildman–Crippen MR) is 129 cm³/mol. The lowest BCUT2D eigenvalue weighted by atomic mass is 10.0. The van der Waals surface area contributed by atoms with Crippen molar-refractivity contribution in [2.45, 2.75) is 38.0 Å². The monoisotopic (exact) mass is 485 g/mol. The first-order valence-corrected chi connectivity index (χ1v) is 11.0. The van der Waals surface area contributed by atoms with Gasteiger partial charge in [0.05, 0.1) is 7.11 Å². The van der Waals surface area contributed by atoms with Crippen LogP contribution in [0.5, 0.6) is 5.75 Å². The number of carbonyl (C=O) groups excluding carboxylic acids is 3. The second kappa shape index (κ2) is 14.1. The first kappa shape index (κ1) is 27.0. The Bertz CT molecular complexity index is 993. The fourth-order valence-corrected chi connectivity index (χ4v) is 3.15. The third-order valence-electron chi connectivity index (χ3n) is 4.94. The number of rotatable bonds is 12. The molecule has 35 heavy (non-hydrogen) atoms. The van der Waals surface area contributed by atoms with Crippen LogP contribution in [0.4, 0.5) is 4.79 Å². The summed E-state index contributed by atoms with van der Waals surface area (Å²) in [5, 5.41) is 14.7. The van der Waals surface area contributed by atoms with Crippen LogP contribution in [0.2, 0.25) is 0 Å². The summed E-state index contributed by atoms with van der Waals surface area (Å²) < 4.78 is 10.0. The second-order valence-electron chi connectivity index (χ2n) is 7.66. The number of methoxy groups -OCH3 is 1. The molecule has 188 valence electrons. The number of carbonyl (C=O) groups is 3. The van der Waals surface area contributed by atoms with E-state index in [1.807, 2.05) is 18.2 Å². The number of alkyl carbamates (subject to hydrolysis) is 1. The van der Waals surface area contributed by atoms with Crippen molar-refractivity contribution in [2.75, 3.05) is 13.7 Å². The number of benzene rings is 2. The van der Waals surface area contributed by atoms with E-state index in [2.05, 4.69) is 15.6 Å². The van der Waals surface area contributed by atoms with Crippen LogP contribution in [0, 0.1) is 0 Å². The molecule has 0 unspecified atom stereocenters. The highest BCUT2D eigenvalue weighted by molar-refractivity contribution is 5.89. The first-order chi connectivity index (χ1) is 16.8. The number of nitrogens with one attached hydrogen (secondary N) is 2. The minimum absolute atomic E-state index is 0.0236. The number of phenolic OH excluding ortho intramolecular Hbond substituents is 1. The number of amides is 2. The summed E-state index contributed by atoms with van der Waals surface area (Å²) in [6.45, 7) is 0.294. The molecule has 0 fully saturated rings. The molecule has 0 bridgehead atoms. The smallest absolute Gasteiger partial charge is 0.408 e. The number of esters is 1. The summed E-state index contributed by atoms with van der Waals surface area (Å²) in [5.74, 6) is -1.25. The molecule has 2 amide bonds. The molecule has 2 atom stereocenters. The van der Waals surface area contributed by atoms with Gasteiger partial charge in [-0.15, -0.1) is 0 Å². The molecular formula is C24H31N5O6. The van der Waals surface area contributed by atoms with E-state index in [0.29, 0.717) is 12.0 Å². The molecule has 0 aliphatic rings. The third kappa shape index (κ3) is 10.0. The van der Waals surface area contributed by atoms with Crippen molar-refractivity contribution in [2.24, 2.45) is 16.5 Å². The van der Waals surface area contributed by atoms with Gasteiger partial charge in [-0.25, -0.2) is 9.59 Å². The molecule has 2 rings (SSSR count). The molecule has 11 nitrogen and oxygen atoms in total. The molecule has 0 saturated heterocycles. The summed E-state index contributed by atoms with van der Waals surface area (Å²) in [4.78, 5) is 41.6. The number of ether oxygens (including phenoxy) is 2. The summed E-state index contributed by atoms with van der Waals surface area (Å²) in [6, 6.07) is 13.2. The van der Waals surface area contributed by atoms with Crippen molar-refractivity contribution in [3.63, 3.8) is 0 Å². The van der Waals surface area contributed by atoms with Gasteiger partial charge in [-0.05, 0) is 36.1 Å². The molecule has 0 aliphatic heterocycles. The first-order valence-electron chi connectivity index (χ1n) is 11.0. The van der Waals surface area contributed by atoms with Gasteiger partial charge in [-0.1, -0.05) is 42.5 Å². The molecule has 7 N–H and O–H groups in total. The maximum atomic E-state index is 13.1. The van der Waals surface area contributed by atoms with Crippen LogP contribution in [0.3, 0.4) is 0 Å². The van der Waals surface area contributed by atoms with Crippen molar-refractivity contribution in [3.05, 3.63) is 65.7 Å². The topological polar surface area (TPSA) is 178 Å². The molecule has 0 heterocycles. The predicted octanol–water partition coefficient (Wildman–Crippen LogP) is 0.941. The van der Waals surface area contributed by atoms with Crippen molar-refractivity contribution in [1.82, 2.24) is 10.6 Å². The van der Waals surface area contributed by atoms with E-state index < -0.39 is 30.1 Å². The normalized spacial score (nSPS) is 12.0. The molecule has 0 radical (unpaired) electrons. The van der Waals surface area contributed by atoms with Gasteiger partial charge in [0, 0.05) is 13.0 Å². The average molecular weight is 486 g/mol. The number of guanidine groups is 1. The summed E-state index contributed by atoms with van der Waals surface area (Å²) in [6.07, 6.45) is -0.0728. The van der Waals surface area contributed by atoms with Gasteiger partial charge >= 0.3 is 12.1 Å². The minimum Gasteiger partial charge on any atom is -0.508 e. The van der Waals surface area contributed by atoms with Gasteiger partial charge in [-0.3, -0.25) is 9.79 Å². The van der Waals surface area contributed by atoms with E-state index >= 15 is 0 Å². The lowest BCUT2D eigenvalue weighted by Gasteiger charge is -2.22. The highest BCUT2D eigenvalue weighted by Crippen LogP contribution is 2.12. The fourth-order valence-electron chi connectivity index (χ4n) is 3.15. The molecule has 0 aliphatic carbocycles. The van der Waals surface area contributed by atoms with Gasteiger partial charge < -0.3 is 36.7 Å². The van der Waals surface area contributed by atoms with E-state index in [1.54, 1.807) is 24.3 Å². The van der Waals surface area contributed by atoms with Gasteiger partial charge in [0.15, 0.2) is 5.96 Å². The Morgan fingerprint density at radius 1 is 0.971 bits per heavy atom. The number of aromatic hydroxyl groups is 1. The fraction of sp³-hybridized carbons (Fsp3) is 0.333. The molecular weight excluding hydrogens is 454 g/mol. The maximum absolute atomic E-state index is 13.1. The second-order valence-corrected chi connectivity index (χ2v) is 7.66. The summed E-state index contributed by atoms with van der Waals surface area (Å²) in [7, 11) is 1.21. The molecule has 0 spiro atoms. The molecule has 11 heteroatoms. The van der Waals surface area contributed by atoms with Gasteiger partial charge in [0.2, 0.25) is 5.91 Å². The number of nitrogens with two attached hydrogens (primary N) is 2. The van der Waals surface area contributed by atoms with Crippen LogP contribution in [0.1, 0.15) is 24.0 Å². The molecule has 0 aromatic heterocycles. The van der Waals surface area contributed by atoms with Gasteiger partial charge in [-0.2, -0.15) is 0 Å². The lowest BCUT2D eigenvalue weighted by Crippen LogP contribution is -2.52. The van der Waals surface area contributed by atoms with Crippen LogP contribution in [0.15, 0.2) is 59.6 Å². The van der Waals surface area contributed by atoms with E-state index in [4.69, 9.17) is 20.9 Å². The Morgan fingerprint density at radius 3 is 2.29 bits per heavy atom. The SMILES string of the molecule is COC(=O)[C@H](CCCN=C(N)N)NC(=O)[C@H](Cc1ccc(O)cc1)NC(=O)OCc1ccccc1. The molecule has 0 saturated carbocycles. The number of nitrogens with zero attached hydrogens (tertiary/aromatic N) is 1. The highest BCUT2D eigenvalue weighted by Gasteiger charge is 2.28. The van der Waals surface area contributed by atoms with E-state index in [1.165, 1.54) is 19.2 Å². The number of phenols is 1. The standard InChI is InChI=1S/C24H31N5O6/c1-34-22(32)19(8-5-13-27-23(25)26)28-21(31)20(14-16-9-11-18(30)12-10-16)29-24(33)35-15-17-6-3-2-4-7-17/h2-4,6-7,9-12,19-20,30H,5,8,13-15H2,1H3,(H,28,31)(H,29,33)(H4,25,26,27)/t19-,20-/m0/s1. The number of hydrogen-bond donors (Lipinski definition) is 5. The minimum atomic E-state index is -1.06. The Labute approximate surface area is 203 Å². The molecule has 2 aromatic carbocycles. The quantitative estimate of drug-likeness (QED) is 0.128. The third-order valence-corrected chi connectivity index (χ3v) is 4.94. The largest absolute Gasteiger partial charge is 0.508 e. The lowest BCUT2D eigenvalue weighted by molar-refractivity contribution is -0.145. The van der Waals surface area contributed by atoms with Crippen molar-refractivity contribution < 1.29 is 29.0 Å². The summed E-state index contributed by atoms with van der Waals surface area (Å²) >= 11 is 0. The Hall–Kier alpha value is -4.28. The van der Waals surface area contributed by atoms with Crippen LogP contribution >= 0.6 is 0 Å². The molecule has 2 aromatic rings. The maximum Gasteiger partial charge on any atom is 0.408 e. The zero-order valence-electron chi connectivity index (χ0n) is 19.5. The van der Waals surface area contributed by atoms with Crippen molar-refractivity contribution in [3.8, 4) is 5.75 Å².